The summed E-state index contributed by atoms with van der Waals surface area (Å²) in [6, 6.07) is 12.6. The summed E-state index contributed by atoms with van der Waals surface area (Å²) in [6.45, 7) is 3.44. The van der Waals surface area contributed by atoms with Crippen LogP contribution < -0.4 is 11.1 Å². The molecule has 26 heavy (non-hydrogen) atoms. The molecule has 0 saturated heterocycles. The second-order valence-electron chi connectivity index (χ2n) is 5.55. The monoisotopic (exact) mass is 343 g/mol. The van der Waals surface area contributed by atoms with E-state index in [9.17, 15) is 4.79 Å². The molecule has 0 atom stereocenters. The third-order valence-electron chi connectivity index (χ3n) is 3.77. The van der Waals surface area contributed by atoms with Crippen molar-refractivity contribution in [2.24, 2.45) is 0 Å². The van der Waals surface area contributed by atoms with Gasteiger partial charge in [0.15, 0.2) is 0 Å². The number of amides is 1. The summed E-state index contributed by atoms with van der Waals surface area (Å²) in [5.74, 6) is -0.286. The summed E-state index contributed by atoms with van der Waals surface area (Å²) in [7, 11) is 0. The number of nitrogen functional groups attached to an aromatic ring is 1. The fraction of sp³-hybridized carbons (Fsp3) is 0. The zero-order valence-electron chi connectivity index (χ0n) is 13.9. The van der Waals surface area contributed by atoms with Crippen molar-refractivity contribution >= 4 is 23.0 Å². The topological polar surface area (TPSA) is 105 Å². The maximum Gasteiger partial charge on any atom is 0.247 e. The predicted octanol–water partition coefficient (Wildman–Crippen LogP) is 3.27. The lowest BCUT2D eigenvalue weighted by Gasteiger charge is -2.10. The number of nitrogens with zero attached hydrogens (tertiary/aromatic N) is 2. The highest BCUT2D eigenvalue weighted by Crippen LogP contribution is 2.25. The van der Waals surface area contributed by atoms with Crippen molar-refractivity contribution in [1.29, 1.82) is 5.41 Å². The fourth-order valence-electron chi connectivity index (χ4n) is 2.46. The Bertz CT molecular complexity index is 983. The Hall–Kier alpha value is -3.80. The second-order valence-corrected chi connectivity index (χ2v) is 5.55. The van der Waals surface area contributed by atoms with E-state index in [0.29, 0.717) is 28.2 Å². The number of aromatic nitrogens is 2. The van der Waals surface area contributed by atoms with Gasteiger partial charge in [0, 0.05) is 34.8 Å². The van der Waals surface area contributed by atoms with Crippen molar-refractivity contribution in [2.75, 3.05) is 11.1 Å². The Balaban J connectivity index is 1.98. The molecule has 1 amide bonds. The summed E-state index contributed by atoms with van der Waals surface area (Å²) in [5, 5.41) is 11.1. The van der Waals surface area contributed by atoms with Crippen LogP contribution in [0.15, 0.2) is 73.7 Å². The molecule has 0 aliphatic heterocycles. The predicted molar refractivity (Wildman–Crippen MR) is 103 cm³/mol. The standard InChI is InChI=1S/C20H17N5O/c1-2-19(26)25-15-7-3-5-13(9-15)18-10-16(17(21)12-24-18)20(22)14-6-4-8-23-11-14/h2-12,22H,1,21H2,(H,25,26). The maximum atomic E-state index is 11.5. The number of nitrogens with one attached hydrogen (secondary N) is 2. The molecule has 2 aromatic heterocycles. The molecule has 3 rings (SSSR count). The second kappa shape index (κ2) is 7.40. The van der Waals surface area contributed by atoms with E-state index in [1.807, 2.05) is 12.1 Å². The molecule has 4 N–H and O–H groups in total. The first-order chi connectivity index (χ1) is 12.6. The van der Waals surface area contributed by atoms with Crippen LogP contribution in [0.1, 0.15) is 11.1 Å². The zero-order valence-corrected chi connectivity index (χ0v) is 13.9. The van der Waals surface area contributed by atoms with E-state index in [-0.39, 0.29) is 11.6 Å². The quantitative estimate of drug-likeness (QED) is 0.488. The van der Waals surface area contributed by atoms with E-state index in [0.717, 1.165) is 5.56 Å². The van der Waals surface area contributed by atoms with Crippen molar-refractivity contribution in [2.45, 2.75) is 0 Å². The largest absolute Gasteiger partial charge is 0.397 e. The fourth-order valence-corrected chi connectivity index (χ4v) is 2.46. The average Bonchev–Trinajstić information content (AvgIpc) is 2.68. The Kier molecular flexibility index (Phi) is 4.85. The van der Waals surface area contributed by atoms with Crippen LogP contribution in [0.5, 0.6) is 0 Å². The smallest absolute Gasteiger partial charge is 0.247 e. The van der Waals surface area contributed by atoms with Gasteiger partial charge in [-0.25, -0.2) is 0 Å². The van der Waals surface area contributed by atoms with E-state index in [1.54, 1.807) is 42.7 Å². The molecule has 0 aliphatic rings. The molecule has 0 radical (unpaired) electrons. The molecule has 128 valence electrons. The minimum absolute atomic E-state index is 0.273. The van der Waals surface area contributed by atoms with E-state index < -0.39 is 0 Å². The van der Waals surface area contributed by atoms with Crippen molar-refractivity contribution in [1.82, 2.24) is 9.97 Å². The van der Waals surface area contributed by atoms with Gasteiger partial charge < -0.3 is 11.1 Å². The minimum atomic E-state index is -0.286. The van der Waals surface area contributed by atoms with Crippen LogP contribution in [0.25, 0.3) is 11.3 Å². The zero-order chi connectivity index (χ0) is 18.5. The van der Waals surface area contributed by atoms with Crippen LogP contribution in [0.3, 0.4) is 0 Å². The molecule has 2 heterocycles. The third kappa shape index (κ3) is 3.64. The Morgan fingerprint density at radius 1 is 1.19 bits per heavy atom. The number of hydrogen-bond donors (Lipinski definition) is 3. The Morgan fingerprint density at radius 3 is 2.77 bits per heavy atom. The van der Waals surface area contributed by atoms with Crippen LogP contribution in [0, 0.1) is 5.41 Å². The molecule has 6 nitrogen and oxygen atoms in total. The molecule has 3 aromatic rings. The Labute approximate surface area is 150 Å². The van der Waals surface area contributed by atoms with Crippen molar-refractivity contribution in [3.63, 3.8) is 0 Å². The molecular weight excluding hydrogens is 326 g/mol. The Morgan fingerprint density at radius 2 is 2.04 bits per heavy atom. The van der Waals surface area contributed by atoms with Gasteiger partial charge in [-0.05, 0) is 36.4 Å². The summed E-state index contributed by atoms with van der Waals surface area (Å²) >= 11 is 0. The maximum absolute atomic E-state index is 11.5. The summed E-state index contributed by atoms with van der Waals surface area (Å²) in [5.41, 5.74) is 10.0. The number of benzene rings is 1. The van der Waals surface area contributed by atoms with Crippen molar-refractivity contribution in [3.8, 4) is 11.3 Å². The molecule has 0 bridgehead atoms. The average molecular weight is 343 g/mol. The van der Waals surface area contributed by atoms with Crippen LogP contribution in [-0.2, 0) is 4.79 Å². The van der Waals surface area contributed by atoms with E-state index in [4.69, 9.17) is 11.1 Å². The van der Waals surface area contributed by atoms with E-state index >= 15 is 0 Å². The highest BCUT2D eigenvalue weighted by atomic mass is 16.1. The molecule has 0 fully saturated rings. The molecule has 0 spiro atoms. The van der Waals surface area contributed by atoms with Gasteiger partial charge in [0.2, 0.25) is 5.91 Å². The highest BCUT2D eigenvalue weighted by Gasteiger charge is 2.12. The number of carbonyl (C=O) groups is 1. The first-order valence-corrected chi connectivity index (χ1v) is 7.87. The molecule has 0 aliphatic carbocycles. The number of nitrogens with two attached hydrogens (primary N) is 1. The minimum Gasteiger partial charge on any atom is -0.397 e. The number of rotatable bonds is 5. The molecule has 1 aromatic carbocycles. The lowest BCUT2D eigenvalue weighted by molar-refractivity contribution is -0.111. The molecule has 0 unspecified atom stereocenters. The number of pyridine rings is 2. The van der Waals surface area contributed by atoms with Gasteiger partial charge in [-0.2, -0.15) is 0 Å². The van der Waals surface area contributed by atoms with Gasteiger partial charge in [0.05, 0.1) is 23.3 Å². The highest BCUT2D eigenvalue weighted by molar-refractivity contribution is 6.14. The van der Waals surface area contributed by atoms with Gasteiger partial charge in [-0.3, -0.25) is 20.2 Å². The van der Waals surface area contributed by atoms with Gasteiger partial charge in [0.25, 0.3) is 0 Å². The van der Waals surface area contributed by atoms with Gasteiger partial charge in [-0.1, -0.05) is 18.7 Å². The normalized spacial score (nSPS) is 10.2. The van der Waals surface area contributed by atoms with Crippen LogP contribution in [0.2, 0.25) is 0 Å². The van der Waals surface area contributed by atoms with Gasteiger partial charge >= 0.3 is 0 Å². The van der Waals surface area contributed by atoms with E-state index in [2.05, 4.69) is 21.9 Å². The van der Waals surface area contributed by atoms with Crippen LogP contribution >= 0.6 is 0 Å². The van der Waals surface area contributed by atoms with Crippen LogP contribution in [-0.4, -0.2) is 21.6 Å². The first kappa shape index (κ1) is 17.0. The lowest BCUT2D eigenvalue weighted by atomic mass is 10.0. The third-order valence-corrected chi connectivity index (χ3v) is 3.77. The van der Waals surface area contributed by atoms with Crippen molar-refractivity contribution < 1.29 is 4.79 Å². The molecule has 0 saturated carbocycles. The number of hydrogen-bond acceptors (Lipinski definition) is 5. The van der Waals surface area contributed by atoms with Gasteiger partial charge in [-0.15, -0.1) is 0 Å². The van der Waals surface area contributed by atoms with Gasteiger partial charge in [0.1, 0.15) is 0 Å². The number of carbonyl (C=O) groups excluding carboxylic acids is 1. The van der Waals surface area contributed by atoms with Crippen LogP contribution in [0.4, 0.5) is 11.4 Å². The molecular formula is C20H17N5O. The summed E-state index contributed by atoms with van der Waals surface area (Å²) in [4.78, 5) is 19.9. The number of anilines is 2. The summed E-state index contributed by atoms with van der Waals surface area (Å²) in [6.07, 6.45) is 6.01. The van der Waals surface area contributed by atoms with Crippen molar-refractivity contribution in [3.05, 3.63) is 84.8 Å². The molecule has 6 heteroatoms. The first-order valence-electron chi connectivity index (χ1n) is 7.87. The lowest BCUT2D eigenvalue weighted by Crippen LogP contribution is -2.08. The van der Waals surface area contributed by atoms with E-state index in [1.165, 1.54) is 12.3 Å². The summed E-state index contributed by atoms with van der Waals surface area (Å²) < 4.78 is 0. The SMILES string of the molecule is C=CC(=O)Nc1cccc(-c2cc(C(=N)c3cccnc3)c(N)cn2)c1.